The van der Waals surface area contributed by atoms with Crippen LogP contribution in [0, 0.1) is 0 Å². The highest BCUT2D eigenvalue weighted by atomic mass is 32.2. The first-order valence-electron chi connectivity index (χ1n) is 6.55. The van der Waals surface area contributed by atoms with E-state index in [0.717, 1.165) is 22.1 Å². The number of benzene rings is 2. The molecule has 1 amide bonds. The van der Waals surface area contributed by atoms with Crippen molar-refractivity contribution in [1.29, 1.82) is 0 Å². The first kappa shape index (κ1) is 11.7. The zero-order chi connectivity index (χ0) is 13.5. The molecule has 0 N–H and O–H groups in total. The molecule has 1 atom stereocenters. The summed E-state index contributed by atoms with van der Waals surface area (Å²) in [5.74, 6) is 0.991. The van der Waals surface area contributed by atoms with Crippen molar-refractivity contribution >= 4 is 34.9 Å². The van der Waals surface area contributed by atoms with Gasteiger partial charge in [-0.25, -0.2) is 4.99 Å². The third-order valence-corrected chi connectivity index (χ3v) is 4.77. The number of aliphatic imine (C=N–C) groups is 1. The molecular formula is C16H12N2OS. The van der Waals surface area contributed by atoms with Crippen LogP contribution < -0.4 is 4.90 Å². The Hall–Kier alpha value is -2.07. The second kappa shape index (κ2) is 4.49. The highest BCUT2D eigenvalue weighted by Gasteiger charge is 2.40. The molecule has 2 aromatic rings. The smallest absolute Gasteiger partial charge is 0.234 e. The molecule has 0 aromatic heterocycles. The summed E-state index contributed by atoms with van der Waals surface area (Å²) in [6.07, 6.45) is 0.521. The molecular weight excluding hydrogens is 268 g/mol. The fraction of sp³-hybridized carbons (Fsp3) is 0.125. The van der Waals surface area contributed by atoms with Gasteiger partial charge < -0.3 is 0 Å². The predicted molar refractivity (Wildman–Crippen MR) is 81.7 cm³/mol. The van der Waals surface area contributed by atoms with Gasteiger partial charge in [-0.05, 0) is 24.3 Å². The maximum Gasteiger partial charge on any atom is 0.234 e. The van der Waals surface area contributed by atoms with Crippen LogP contribution in [0.3, 0.4) is 0 Å². The Balaban J connectivity index is 1.82. The lowest BCUT2D eigenvalue weighted by Gasteiger charge is -2.23. The van der Waals surface area contributed by atoms with E-state index in [2.05, 4.69) is 6.07 Å². The lowest BCUT2D eigenvalue weighted by Crippen LogP contribution is -2.32. The number of amides is 1. The van der Waals surface area contributed by atoms with Crippen LogP contribution >= 0.6 is 11.8 Å². The number of hydrogen-bond donors (Lipinski definition) is 0. The molecule has 2 aliphatic rings. The quantitative estimate of drug-likeness (QED) is 0.799. The van der Waals surface area contributed by atoms with Gasteiger partial charge in [0, 0.05) is 11.3 Å². The fourth-order valence-electron chi connectivity index (χ4n) is 2.61. The molecule has 0 aliphatic carbocycles. The fourth-order valence-corrected chi connectivity index (χ4v) is 3.80. The van der Waals surface area contributed by atoms with Crippen molar-refractivity contribution in [3.63, 3.8) is 0 Å². The molecule has 1 saturated heterocycles. The van der Waals surface area contributed by atoms with E-state index in [1.807, 2.05) is 48.5 Å². The predicted octanol–water partition coefficient (Wildman–Crippen LogP) is 3.63. The van der Waals surface area contributed by atoms with Gasteiger partial charge in [0.2, 0.25) is 5.91 Å². The summed E-state index contributed by atoms with van der Waals surface area (Å²) in [5, 5.41) is 0.137. The summed E-state index contributed by atoms with van der Waals surface area (Å²) in [6, 6.07) is 17.8. The molecule has 4 rings (SSSR count). The first-order chi connectivity index (χ1) is 9.83. The van der Waals surface area contributed by atoms with E-state index in [9.17, 15) is 4.79 Å². The van der Waals surface area contributed by atoms with Crippen LogP contribution in [0.1, 0.15) is 6.42 Å². The molecule has 98 valence electrons. The highest BCUT2D eigenvalue weighted by Crippen LogP contribution is 2.43. The molecule has 1 fully saturated rings. The Morgan fingerprint density at radius 2 is 1.80 bits per heavy atom. The van der Waals surface area contributed by atoms with Crippen molar-refractivity contribution in [1.82, 2.24) is 0 Å². The zero-order valence-electron chi connectivity index (χ0n) is 10.7. The number of nitrogens with zero attached hydrogens (tertiary/aromatic N) is 2. The van der Waals surface area contributed by atoms with E-state index in [0.29, 0.717) is 6.42 Å². The number of para-hydroxylation sites is 2. The minimum Gasteiger partial charge on any atom is -0.274 e. The third kappa shape index (κ3) is 1.76. The van der Waals surface area contributed by atoms with Gasteiger partial charge >= 0.3 is 0 Å². The van der Waals surface area contributed by atoms with E-state index in [1.54, 1.807) is 16.7 Å². The van der Waals surface area contributed by atoms with Crippen molar-refractivity contribution in [2.24, 2.45) is 4.99 Å². The minimum atomic E-state index is 0.125. The summed E-state index contributed by atoms with van der Waals surface area (Å²) in [4.78, 5) is 20.0. The number of thioether (sulfide) groups is 1. The minimum absolute atomic E-state index is 0.125. The van der Waals surface area contributed by atoms with Crippen molar-refractivity contribution in [3.05, 3.63) is 54.6 Å². The van der Waals surface area contributed by atoms with Crippen molar-refractivity contribution in [3.8, 4) is 0 Å². The van der Waals surface area contributed by atoms with Gasteiger partial charge in [-0.2, -0.15) is 0 Å². The van der Waals surface area contributed by atoms with Crippen molar-refractivity contribution in [2.75, 3.05) is 4.90 Å². The van der Waals surface area contributed by atoms with Crippen LogP contribution in [-0.2, 0) is 4.79 Å². The second-order valence-corrected chi connectivity index (χ2v) is 6.06. The monoisotopic (exact) mass is 280 g/mol. The highest BCUT2D eigenvalue weighted by molar-refractivity contribution is 8.01. The molecule has 3 nitrogen and oxygen atoms in total. The summed E-state index contributed by atoms with van der Waals surface area (Å²) in [7, 11) is 0. The summed E-state index contributed by atoms with van der Waals surface area (Å²) in [5.41, 5.74) is 1.86. The van der Waals surface area contributed by atoms with Gasteiger partial charge in [-0.15, -0.1) is 11.8 Å². The molecule has 20 heavy (non-hydrogen) atoms. The Morgan fingerprint density at radius 1 is 1.05 bits per heavy atom. The molecule has 1 unspecified atom stereocenters. The number of carbonyl (C=O) groups is 1. The molecule has 2 aromatic carbocycles. The summed E-state index contributed by atoms with van der Waals surface area (Å²) < 4.78 is 0. The molecule has 0 saturated carbocycles. The number of carbonyl (C=O) groups excluding carboxylic acids is 1. The normalized spacial score (nSPS) is 20.4. The molecule has 0 spiro atoms. The van der Waals surface area contributed by atoms with Crippen LogP contribution in [0.25, 0.3) is 0 Å². The van der Waals surface area contributed by atoms with Crippen LogP contribution in [0.2, 0.25) is 0 Å². The maximum absolute atomic E-state index is 12.3. The average molecular weight is 280 g/mol. The topological polar surface area (TPSA) is 32.7 Å². The van der Waals surface area contributed by atoms with Gasteiger partial charge in [-0.1, -0.05) is 30.3 Å². The number of amidine groups is 1. The van der Waals surface area contributed by atoms with Crippen LogP contribution in [0.15, 0.2) is 64.5 Å². The Labute approximate surface area is 121 Å². The van der Waals surface area contributed by atoms with Gasteiger partial charge in [-0.3, -0.25) is 9.69 Å². The lowest BCUT2D eigenvalue weighted by atomic mass is 10.3. The van der Waals surface area contributed by atoms with Crippen molar-refractivity contribution < 1.29 is 4.79 Å². The third-order valence-electron chi connectivity index (χ3n) is 3.51. The van der Waals surface area contributed by atoms with Crippen LogP contribution in [0.4, 0.5) is 11.4 Å². The number of anilines is 1. The molecule has 2 aliphatic heterocycles. The summed E-state index contributed by atoms with van der Waals surface area (Å²) in [6.45, 7) is 0. The first-order valence-corrected chi connectivity index (χ1v) is 7.43. The maximum atomic E-state index is 12.3. The van der Waals surface area contributed by atoms with E-state index < -0.39 is 0 Å². The van der Waals surface area contributed by atoms with Gasteiger partial charge in [0.15, 0.2) is 0 Å². The molecule has 0 radical (unpaired) electrons. The SMILES string of the molecule is O=C1CC2Sc3ccccc3N=C2N1c1ccccc1. The standard InChI is InChI=1S/C16H12N2OS/c19-15-10-14-16(18(15)11-6-2-1-3-7-11)17-12-8-4-5-9-13(12)20-14/h1-9,14H,10H2. The van der Waals surface area contributed by atoms with Crippen molar-refractivity contribution in [2.45, 2.75) is 16.6 Å². The van der Waals surface area contributed by atoms with Gasteiger partial charge in [0.05, 0.1) is 16.6 Å². The van der Waals surface area contributed by atoms with Crippen LogP contribution in [0.5, 0.6) is 0 Å². The molecule has 4 heteroatoms. The van der Waals surface area contributed by atoms with Crippen LogP contribution in [-0.4, -0.2) is 17.0 Å². The Bertz CT molecular complexity index is 711. The Kier molecular flexibility index (Phi) is 2.63. The second-order valence-electron chi connectivity index (χ2n) is 4.81. The van der Waals surface area contributed by atoms with E-state index in [1.165, 1.54) is 0 Å². The molecule has 0 bridgehead atoms. The van der Waals surface area contributed by atoms with E-state index in [4.69, 9.17) is 4.99 Å². The largest absolute Gasteiger partial charge is 0.274 e. The van der Waals surface area contributed by atoms with E-state index >= 15 is 0 Å². The van der Waals surface area contributed by atoms with Gasteiger partial charge in [0.25, 0.3) is 0 Å². The summed E-state index contributed by atoms with van der Waals surface area (Å²) >= 11 is 1.74. The number of fused-ring (bicyclic) bond motifs is 2. The van der Waals surface area contributed by atoms with E-state index in [-0.39, 0.29) is 11.2 Å². The Morgan fingerprint density at radius 3 is 2.65 bits per heavy atom. The number of rotatable bonds is 1. The molecule has 2 heterocycles. The number of hydrogen-bond acceptors (Lipinski definition) is 3. The zero-order valence-corrected chi connectivity index (χ0v) is 11.5. The van der Waals surface area contributed by atoms with Gasteiger partial charge in [0.1, 0.15) is 5.84 Å². The lowest BCUT2D eigenvalue weighted by molar-refractivity contribution is -0.116. The average Bonchev–Trinajstić information content (AvgIpc) is 2.80.